The van der Waals surface area contributed by atoms with Crippen LogP contribution < -0.4 is 14.8 Å². The smallest absolute Gasteiger partial charge is 0.292 e. The highest BCUT2D eigenvalue weighted by Crippen LogP contribution is 2.54. The first-order valence-corrected chi connectivity index (χ1v) is 12.9. The summed E-state index contributed by atoms with van der Waals surface area (Å²) in [5.41, 5.74) is 5.63. The van der Waals surface area contributed by atoms with Gasteiger partial charge in [-0.1, -0.05) is 42.0 Å². The van der Waals surface area contributed by atoms with E-state index in [1.807, 2.05) is 50.2 Å². The first-order valence-electron chi connectivity index (χ1n) is 11.8. The molecule has 3 aromatic rings. The number of halogens is 2. The van der Waals surface area contributed by atoms with E-state index < -0.39 is 0 Å². The van der Waals surface area contributed by atoms with Crippen molar-refractivity contribution >= 4 is 38.9 Å². The van der Waals surface area contributed by atoms with Gasteiger partial charge in [0.05, 0.1) is 22.5 Å². The van der Waals surface area contributed by atoms with Gasteiger partial charge in [0.15, 0.2) is 11.5 Å². The Kier molecular flexibility index (Phi) is 6.70. The standard InChI is InChI=1S/C28H26BrClN2O4/c1-15-11-23(32(33)34)27-25(16(15)2)19-8-6-9-20(19)26(31-27)18-12-21(29)28(24(13-18)35-3)36-14-17-7-4-5-10-22(17)30/h4-8,10-13,19-20,26,31H,9,14H2,1-3H3/t19-,20-,26+/m1/s1. The molecule has 0 radical (unpaired) electrons. The molecule has 6 nitrogen and oxygen atoms in total. The van der Waals surface area contributed by atoms with Crippen molar-refractivity contribution in [2.24, 2.45) is 5.92 Å². The number of aryl methyl sites for hydroxylation is 1. The van der Waals surface area contributed by atoms with Gasteiger partial charge in [-0.15, -0.1) is 0 Å². The predicted molar refractivity (Wildman–Crippen MR) is 145 cm³/mol. The van der Waals surface area contributed by atoms with E-state index in [1.165, 1.54) is 0 Å². The largest absolute Gasteiger partial charge is 0.493 e. The van der Waals surface area contributed by atoms with Gasteiger partial charge in [-0.05, 0) is 82.6 Å². The van der Waals surface area contributed by atoms with E-state index >= 15 is 0 Å². The van der Waals surface area contributed by atoms with E-state index in [0.717, 1.165) is 38.7 Å². The highest BCUT2D eigenvalue weighted by Gasteiger charge is 2.42. The molecule has 1 heterocycles. The van der Waals surface area contributed by atoms with Gasteiger partial charge in [0.1, 0.15) is 12.3 Å². The van der Waals surface area contributed by atoms with E-state index in [-0.39, 0.29) is 28.5 Å². The molecule has 0 amide bonds. The van der Waals surface area contributed by atoms with Crippen LogP contribution in [0.3, 0.4) is 0 Å². The van der Waals surface area contributed by atoms with Gasteiger partial charge in [-0.3, -0.25) is 10.1 Å². The van der Waals surface area contributed by atoms with Gasteiger partial charge in [0.2, 0.25) is 0 Å². The topological polar surface area (TPSA) is 73.6 Å². The van der Waals surface area contributed by atoms with Crippen LogP contribution in [-0.4, -0.2) is 12.0 Å². The number of benzene rings is 3. The van der Waals surface area contributed by atoms with Gasteiger partial charge in [-0.25, -0.2) is 0 Å². The Hall–Kier alpha value is -3.03. The highest BCUT2D eigenvalue weighted by molar-refractivity contribution is 9.10. The Morgan fingerprint density at radius 3 is 2.72 bits per heavy atom. The molecule has 0 fully saturated rings. The molecule has 0 aromatic heterocycles. The lowest BCUT2D eigenvalue weighted by molar-refractivity contribution is -0.384. The van der Waals surface area contributed by atoms with E-state index in [2.05, 4.69) is 33.4 Å². The minimum atomic E-state index is -0.295. The van der Waals surface area contributed by atoms with Crippen molar-refractivity contribution in [1.29, 1.82) is 0 Å². The van der Waals surface area contributed by atoms with Crippen molar-refractivity contribution in [3.8, 4) is 11.5 Å². The van der Waals surface area contributed by atoms with Crippen LogP contribution in [0.25, 0.3) is 0 Å². The molecule has 0 saturated heterocycles. The van der Waals surface area contributed by atoms with Crippen molar-refractivity contribution in [2.45, 2.75) is 38.8 Å². The lowest BCUT2D eigenvalue weighted by Gasteiger charge is -2.38. The van der Waals surface area contributed by atoms with Crippen molar-refractivity contribution < 1.29 is 14.4 Å². The Labute approximate surface area is 223 Å². The molecule has 5 rings (SSSR count). The van der Waals surface area contributed by atoms with Gasteiger partial charge in [0.25, 0.3) is 5.69 Å². The number of hydrogen-bond acceptors (Lipinski definition) is 5. The molecule has 0 bridgehead atoms. The third-order valence-corrected chi connectivity index (χ3v) is 8.24. The molecule has 3 atom stereocenters. The molecule has 8 heteroatoms. The van der Waals surface area contributed by atoms with Crippen LogP contribution >= 0.6 is 27.5 Å². The summed E-state index contributed by atoms with van der Waals surface area (Å²) in [6.45, 7) is 4.28. The number of nitrogens with zero attached hydrogens (tertiary/aromatic N) is 1. The molecule has 2 aliphatic rings. The molecule has 1 N–H and O–H groups in total. The third-order valence-electron chi connectivity index (χ3n) is 7.29. The van der Waals surface area contributed by atoms with E-state index in [4.69, 9.17) is 21.1 Å². The van der Waals surface area contributed by atoms with Crippen molar-refractivity contribution in [2.75, 3.05) is 12.4 Å². The monoisotopic (exact) mass is 568 g/mol. The lowest BCUT2D eigenvalue weighted by Crippen LogP contribution is -2.30. The van der Waals surface area contributed by atoms with Crippen LogP contribution in [0, 0.1) is 29.9 Å². The second-order valence-electron chi connectivity index (χ2n) is 9.27. The highest BCUT2D eigenvalue weighted by atomic mass is 79.9. The van der Waals surface area contributed by atoms with E-state index in [9.17, 15) is 10.1 Å². The molecule has 3 aromatic carbocycles. The second kappa shape index (κ2) is 9.79. The summed E-state index contributed by atoms with van der Waals surface area (Å²) in [4.78, 5) is 11.7. The van der Waals surface area contributed by atoms with Gasteiger partial charge in [-0.2, -0.15) is 0 Å². The number of rotatable bonds is 6. The summed E-state index contributed by atoms with van der Waals surface area (Å²) in [5.74, 6) is 1.49. The molecular formula is C28H26BrClN2O4. The van der Waals surface area contributed by atoms with Crippen LogP contribution in [0.5, 0.6) is 11.5 Å². The summed E-state index contributed by atoms with van der Waals surface area (Å²) in [6, 6.07) is 13.0. The molecule has 1 aliphatic carbocycles. The zero-order valence-corrected chi connectivity index (χ0v) is 22.5. The average molecular weight is 570 g/mol. The fourth-order valence-corrected chi connectivity index (χ4v) is 6.14. The summed E-state index contributed by atoms with van der Waals surface area (Å²) in [6.07, 6.45) is 5.26. The van der Waals surface area contributed by atoms with Crippen LogP contribution in [0.15, 0.2) is 59.1 Å². The number of nitro benzene ring substituents is 1. The quantitative estimate of drug-likeness (QED) is 0.185. The van der Waals surface area contributed by atoms with Crippen LogP contribution in [0.4, 0.5) is 11.4 Å². The first-order chi connectivity index (χ1) is 17.3. The number of nitrogens with one attached hydrogen (secondary N) is 1. The summed E-state index contributed by atoms with van der Waals surface area (Å²) in [7, 11) is 1.61. The minimum absolute atomic E-state index is 0.103. The predicted octanol–water partition coefficient (Wildman–Crippen LogP) is 8.04. The average Bonchev–Trinajstić information content (AvgIpc) is 3.35. The number of methoxy groups -OCH3 is 1. The maximum atomic E-state index is 12.0. The maximum Gasteiger partial charge on any atom is 0.292 e. The number of ether oxygens (including phenoxy) is 2. The minimum Gasteiger partial charge on any atom is -0.493 e. The number of nitro groups is 1. The third kappa shape index (κ3) is 4.24. The Balaban J connectivity index is 1.53. The Bertz CT molecular complexity index is 1390. The molecule has 1 aliphatic heterocycles. The molecule has 186 valence electrons. The fourth-order valence-electron chi connectivity index (χ4n) is 5.38. The van der Waals surface area contributed by atoms with Crippen LogP contribution in [-0.2, 0) is 6.61 Å². The maximum absolute atomic E-state index is 12.0. The Morgan fingerprint density at radius 1 is 1.22 bits per heavy atom. The molecule has 0 unspecified atom stereocenters. The van der Waals surface area contributed by atoms with Crippen LogP contribution in [0.2, 0.25) is 5.02 Å². The SMILES string of the molecule is COc1cc([C@@H]2Nc3c([N+](=O)[O-])cc(C)c(C)c3[C@@H]3C=CC[C@H]32)cc(Br)c1OCc1ccccc1Cl. The summed E-state index contributed by atoms with van der Waals surface area (Å²) >= 11 is 9.97. The molecule has 0 spiro atoms. The molecule has 0 saturated carbocycles. The van der Waals surface area contributed by atoms with Gasteiger partial charge >= 0.3 is 0 Å². The van der Waals surface area contributed by atoms with E-state index in [1.54, 1.807) is 13.2 Å². The van der Waals surface area contributed by atoms with Gasteiger partial charge < -0.3 is 14.8 Å². The summed E-state index contributed by atoms with van der Waals surface area (Å²) < 4.78 is 12.6. The van der Waals surface area contributed by atoms with Crippen LogP contribution in [0.1, 0.15) is 46.2 Å². The van der Waals surface area contributed by atoms with E-state index in [0.29, 0.717) is 28.8 Å². The Morgan fingerprint density at radius 2 is 2.00 bits per heavy atom. The fraction of sp³-hybridized carbons (Fsp3) is 0.286. The number of fused-ring (bicyclic) bond motifs is 3. The molecule has 36 heavy (non-hydrogen) atoms. The van der Waals surface area contributed by atoms with Crippen molar-refractivity contribution in [3.05, 3.63) is 102 Å². The van der Waals surface area contributed by atoms with Crippen molar-refractivity contribution in [3.63, 3.8) is 0 Å². The van der Waals surface area contributed by atoms with Crippen molar-refractivity contribution in [1.82, 2.24) is 0 Å². The normalized spacial score (nSPS) is 19.9. The first kappa shape index (κ1) is 24.7. The number of allylic oxidation sites excluding steroid dienone is 2. The van der Waals surface area contributed by atoms with Gasteiger partial charge in [0, 0.05) is 22.6 Å². The zero-order valence-electron chi connectivity index (χ0n) is 20.2. The zero-order chi connectivity index (χ0) is 25.6. The summed E-state index contributed by atoms with van der Waals surface area (Å²) in [5, 5.41) is 16.2. The number of hydrogen-bond donors (Lipinski definition) is 1. The number of anilines is 1. The lowest BCUT2D eigenvalue weighted by atomic mass is 9.74. The molecular weight excluding hydrogens is 544 g/mol. The second-order valence-corrected chi connectivity index (χ2v) is 10.5.